The van der Waals surface area contributed by atoms with Crippen LogP contribution in [0.2, 0.25) is 0 Å². The second-order valence-corrected chi connectivity index (χ2v) is 6.22. The maximum Gasteiger partial charge on any atom is 0.305 e. The van der Waals surface area contributed by atoms with E-state index in [1.807, 2.05) is 54.6 Å². The first-order valence-electron chi connectivity index (χ1n) is 8.50. The van der Waals surface area contributed by atoms with Crippen LogP contribution >= 0.6 is 12.2 Å². The zero-order valence-corrected chi connectivity index (χ0v) is 15.6. The fraction of sp³-hybridized carbons (Fsp3) is 0.263. The van der Waals surface area contributed by atoms with Crippen molar-refractivity contribution >= 4 is 40.4 Å². The first-order chi connectivity index (χ1) is 13.1. The number of para-hydroxylation sites is 1. The van der Waals surface area contributed by atoms with Crippen LogP contribution in [0.25, 0.3) is 0 Å². The monoisotopic (exact) mass is 387 g/mol. The number of carbonyl (C=O) groups is 1. The van der Waals surface area contributed by atoms with E-state index in [1.165, 1.54) is 6.92 Å². The van der Waals surface area contributed by atoms with Crippen molar-refractivity contribution in [3.63, 3.8) is 0 Å². The van der Waals surface area contributed by atoms with Crippen molar-refractivity contribution in [2.75, 3.05) is 23.8 Å². The fourth-order valence-corrected chi connectivity index (χ4v) is 2.73. The number of rotatable bonds is 5. The van der Waals surface area contributed by atoms with Crippen molar-refractivity contribution < 1.29 is 19.0 Å². The molecule has 0 aromatic heterocycles. The van der Waals surface area contributed by atoms with Gasteiger partial charge in [0.05, 0.1) is 13.2 Å². The van der Waals surface area contributed by atoms with Crippen molar-refractivity contribution in [1.82, 2.24) is 5.32 Å². The number of anilines is 3. The third kappa shape index (κ3) is 5.92. The lowest BCUT2D eigenvalue weighted by Gasteiger charge is -2.32. The molecule has 0 spiro atoms. The van der Waals surface area contributed by atoms with Gasteiger partial charge < -0.3 is 30.2 Å². The average molecular weight is 387 g/mol. The van der Waals surface area contributed by atoms with Gasteiger partial charge in [0.15, 0.2) is 11.3 Å². The minimum atomic E-state index is -0.839. The van der Waals surface area contributed by atoms with Gasteiger partial charge in [-0.3, -0.25) is 4.79 Å². The highest BCUT2D eigenvalue weighted by molar-refractivity contribution is 7.80. The summed E-state index contributed by atoms with van der Waals surface area (Å²) in [6.45, 7) is 2.06. The first-order valence-corrected chi connectivity index (χ1v) is 8.91. The van der Waals surface area contributed by atoms with Crippen LogP contribution in [-0.2, 0) is 19.0 Å². The molecule has 7 nitrogen and oxygen atoms in total. The van der Waals surface area contributed by atoms with E-state index in [2.05, 4.69) is 16.0 Å². The molecule has 2 aromatic rings. The third-order valence-corrected chi connectivity index (χ3v) is 3.89. The van der Waals surface area contributed by atoms with E-state index in [-0.39, 0.29) is 0 Å². The number of hydrogen-bond acceptors (Lipinski definition) is 6. The molecule has 1 aliphatic rings. The molecule has 0 unspecified atom stereocenters. The summed E-state index contributed by atoms with van der Waals surface area (Å²) in [7, 11) is 0. The number of thiocarbonyl (C=S) groups is 1. The molecule has 0 aliphatic carbocycles. The zero-order chi connectivity index (χ0) is 19.1. The smallest absolute Gasteiger partial charge is 0.305 e. The number of nitrogens with one attached hydrogen (secondary N) is 3. The molecule has 1 fully saturated rings. The molecular formula is C19H21N3O4S. The lowest BCUT2D eigenvalue weighted by molar-refractivity contribution is -0.244. The van der Waals surface area contributed by atoms with E-state index in [0.29, 0.717) is 18.3 Å². The standard InChI is InChI=1S/C19H21N3O4S/c1-13(23)26-18-17(24-11-12-25-18)22-19(27)21-16-9-7-15(8-10-16)20-14-5-3-2-4-6-14/h2-10,17-18,20H,11-12H2,1H3,(H2,21,22,27)/t17-,18-/m1/s1. The van der Waals surface area contributed by atoms with E-state index in [9.17, 15) is 4.79 Å². The Bertz CT molecular complexity index is 770. The predicted octanol–water partition coefficient (Wildman–Crippen LogP) is 2.98. The SMILES string of the molecule is CC(=O)O[C@H]1OCCO[C@H]1NC(=S)Nc1ccc(Nc2ccccc2)cc1. The molecule has 0 radical (unpaired) electrons. The minimum absolute atomic E-state index is 0.339. The van der Waals surface area contributed by atoms with Crippen LogP contribution in [0.3, 0.4) is 0 Å². The average Bonchev–Trinajstić information content (AvgIpc) is 2.65. The van der Waals surface area contributed by atoms with Gasteiger partial charge in [0.25, 0.3) is 0 Å². The van der Waals surface area contributed by atoms with Crippen LogP contribution in [0.5, 0.6) is 0 Å². The molecule has 2 aromatic carbocycles. The highest BCUT2D eigenvalue weighted by atomic mass is 32.1. The van der Waals surface area contributed by atoms with Crippen LogP contribution in [0.1, 0.15) is 6.92 Å². The largest absolute Gasteiger partial charge is 0.431 e. The first kappa shape index (κ1) is 19.1. The predicted molar refractivity (Wildman–Crippen MR) is 107 cm³/mol. The number of ether oxygens (including phenoxy) is 3. The fourth-order valence-electron chi connectivity index (χ4n) is 2.50. The van der Waals surface area contributed by atoms with Crippen molar-refractivity contribution in [2.45, 2.75) is 19.4 Å². The Labute approximate surface area is 163 Å². The normalized spacial score (nSPS) is 19.0. The molecule has 27 heavy (non-hydrogen) atoms. The van der Waals surface area contributed by atoms with E-state index in [0.717, 1.165) is 17.1 Å². The highest BCUT2D eigenvalue weighted by Crippen LogP contribution is 2.19. The van der Waals surface area contributed by atoms with Gasteiger partial charge in [-0.25, -0.2) is 0 Å². The maximum absolute atomic E-state index is 11.2. The van der Waals surface area contributed by atoms with Crippen LogP contribution in [-0.4, -0.2) is 36.8 Å². The summed E-state index contributed by atoms with van der Waals surface area (Å²) < 4.78 is 16.0. The van der Waals surface area contributed by atoms with Gasteiger partial charge in [-0.1, -0.05) is 18.2 Å². The molecule has 1 heterocycles. The van der Waals surface area contributed by atoms with Gasteiger partial charge in [0.2, 0.25) is 6.29 Å². The van der Waals surface area contributed by atoms with Gasteiger partial charge in [-0.05, 0) is 48.6 Å². The van der Waals surface area contributed by atoms with Crippen LogP contribution in [0, 0.1) is 0 Å². The Hall–Kier alpha value is -2.68. The second-order valence-electron chi connectivity index (χ2n) is 5.81. The molecule has 2 atom stereocenters. The number of carbonyl (C=O) groups excluding carboxylic acids is 1. The Morgan fingerprint density at radius 3 is 2.33 bits per heavy atom. The summed E-state index contributed by atoms with van der Waals surface area (Å²) in [4.78, 5) is 11.2. The lowest BCUT2D eigenvalue weighted by atomic mass is 10.2. The van der Waals surface area contributed by atoms with Crippen molar-refractivity contribution in [3.05, 3.63) is 54.6 Å². The van der Waals surface area contributed by atoms with Crippen LogP contribution in [0.4, 0.5) is 17.1 Å². The Morgan fingerprint density at radius 1 is 1.00 bits per heavy atom. The van der Waals surface area contributed by atoms with E-state index in [4.69, 9.17) is 26.4 Å². The summed E-state index contributed by atoms with van der Waals surface area (Å²) >= 11 is 5.31. The molecule has 142 valence electrons. The summed E-state index contributed by atoms with van der Waals surface area (Å²) in [5, 5.41) is 9.68. The quantitative estimate of drug-likeness (QED) is 0.534. The Morgan fingerprint density at radius 2 is 1.63 bits per heavy atom. The molecule has 0 amide bonds. The summed E-state index contributed by atoms with van der Waals surface area (Å²) in [5.74, 6) is -0.447. The Kier molecular flexibility index (Phi) is 6.59. The molecule has 3 N–H and O–H groups in total. The van der Waals surface area contributed by atoms with Gasteiger partial charge in [0, 0.05) is 24.0 Å². The van der Waals surface area contributed by atoms with Crippen LogP contribution < -0.4 is 16.0 Å². The van der Waals surface area contributed by atoms with Crippen LogP contribution in [0.15, 0.2) is 54.6 Å². The summed E-state index contributed by atoms with van der Waals surface area (Å²) in [5.41, 5.74) is 2.79. The van der Waals surface area contributed by atoms with Crippen molar-refractivity contribution in [2.24, 2.45) is 0 Å². The van der Waals surface area contributed by atoms with E-state index < -0.39 is 18.5 Å². The molecule has 0 bridgehead atoms. The highest BCUT2D eigenvalue weighted by Gasteiger charge is 2.30. The molecule has 1 saturated heterocycles. The van der Waals surface area contributed by atoms with Gasteiger partial charge in [-0.15, -0.1) is 0 Å². The second kappa shape index (κ2) is 9.31. The van der Waals surface area contributed by atoms with E-state index >= 15 is 0 Å². The van der Waals surface area contributed by atoms with Crippen molar-refractivity contribution in [1.29, 1.82) is 0 Å². The maximum atomic E-state index is 11.2. The van der Waals surface area contributed by atoms with Gasteiger partial charge in [-0.2, -0.15) is 0 Å². The summed E-state index contributed by atoms with van der Waals surface area (Å²) in [6, 6.07) is 17.6. The lowest BCUT2D eigenvalue weighted by Crippen LogP contribution is -2.52. The Balaban J connectivity index is 1.53. The van der Waals surface area contributed by atoms with E-state index in [1.54, 1.807) is 0 Å². The summed E-state index contributed by atoms with van der Waals surface area (Å²) in [6.07, 6.45) is -1.50. The van der Waals surface area contributed by atoms with Gasteiger partial charge in [0.1, 0.15) is 0 Å². The zero-order valence-electron chi connectivity index (χ0n) is 14.8. The third-order valence-electron chi connectivity index (χ3n) is 3.67. The number of esters is 1. The topological polar surface area (TPSA) is 80.9 Å². The molecule has 3 rings (SSSR count). The number of hydrogen-bond donors (Lipinski definition) is 3. The minimum Gasteiger partial charge on any atom is -0.431 e. The molecular weight excluding hydrogens is 366 g/mol. The van der Waals surface area contributed by atoms with Gasteiger partial charge >= 0.3 is 5.97 Å². The number of benzene rings is 2. The molecule has 8 heteroatoms. The molecule has 0 saturated carbocycles. The van der Waals surface area contributed by atoms with Crippen molar-refractivity contribution in [3.8, 4) is 0 Å². The molecule has 1 aliphatic heterocycles.